The number of nitrogens with one attached hydrogen (secondary N) is 2. The summed E-state index contributed by atoms with van der Waals surface area (Å²) in [6.07, 6.45) is 1.25. The molecule has 0 atom stereocenters. The number of nitrogens with zero attached hydrogens (tertiary/aromatic N) is 1. The molecule has 0 saturated carbocycles. The summed E-state index contributed by atoms with van der Waals surface area (Å²) in [4.78, 5) is 22.8. The first-order valence-corrected chi connectivity index (χ1v) is 6.69. The van der Waals surface area contributed by atoms with Gasteiger partial charge in [-0.05, 0) is 23.6 Å². The summed E-state index contributed by atoms with van der Waals surface area (Å²) >= 11 is 5.75. The second-order valence-electron chi connectivity index (χ2n) is 4.72. The van der Waals surface area contributed by atoms with Crippen LogP contribution in [0.2, 0.25) is 5.02 Å². The van der Waals surface area contributed by atoms with Crippen molar-refractivity contribution in [2.45, 2.75) is 20.3 Å². The molecule has 0 aliphatic rings. The van der Waals surface area contributed by atoms with Crippen molar-refractivity contribution in [3.05, 3.63) is 34.9 Å². The van der Waals surface area contributed by atoms with E-state index in [0.29, 0.717) is 17.5 Å². The fourth-order valence-corrected chi connectivity index (χ4v) is 1.42. The second-order valence-corrected chi connectivity index (χ2v) is 5.16. The fraction of sp³-hybridized carbons (Fsp3) is 0.357. The van der Waals surface area contributed by atoms with E-state index in [4.69, 9.17) is 11.6 Å². The van der Waals surface area contributed by atoms with E-state index in [1.807, 2.05) is 13.8 Å². The SMILES string of the molecule is CC(C)CNC(=O)CC(=O)N/N=C\c1ccc(Cl)cc1. The quantitative estimate of drug-likeness (QED) is 0.478. The van der Waals surface area contributed by atoms with Crippen molar-refractivity contribution in [2.24, 2.45) is 11.0 Å². The summed E-state index contributed by atoms with van der Waals surface area (Å²) in [7, 11) is 0. The standard InChI is InChI=1S/C14H18ClN3O2/c1-10(2)8-16-13(19)7-14(20)18-17-9-11-3-5-12(15)6-4-11/h3-6,9-10H,7-8H2,1-2H3,(H,16,19)(H,18,20)/b17-9-. The van der Waals surface area contributed by atoms with Crippen molar-refractivity contribution in [2.75, 3.05) is 6.54 Å². The second kappa shape index (κ2) is 8.32. The molecule has 108 valence electrons. The molecule has 20 heavy (non-hydrogen) atoms. The minimum Gasteiger partial charge on any atom is -0.355 e. The summed E-state index contributed by atoms with van der Waals surface area (Å²) in [6, 6.07) is 6.99. The van der Waals surface area contributed by atoms with Crippen molar-refractivity contribution >= 4 is 29.6 Å². The lowest BCUT2D eigenvalue weighted by atomic mass is 10.2. The van der Waals surface area contributed by atoms with Gasteiger partial charge in [-0.1, -0.05) is 37.6 Å². The Morgan fingerprint density at radius 3 is 2.50 bits per heavy atom. The normalized spacial score (nSPS) is 10.8. The number of benzene rings is 1. The topological polar surface area (TPSA) is 70.6 Å². The molecule has 2 amide bonds. The number of halogens is 1. The minimum absolute atomic E-state index is 0.231. The highest BCUT2D eigenvalue weighted by molar-refractivity contribution is 6.30. The highest BCUT2D eigenvalue weighted by atomic mass is 35.5. The molecule has 0 unspecified atom stereocenters. The number of hydrogen-bond acceptors (Lipinski definition) is 3. The third-order valence-corrected chi connectivity index (χ3v) is 2.55. The van der Waals surface area contributed by atoms with Crippen molar-refractivity contribution < 1.29 is 9.59 Å². The molecule has 1 rings (SSSR count). The molecule has 1 aromatic rings. The van der Waals surface area contributed by atoms with Crippen LogP contribution in [0.15, 0.2) is 29.4 Å². The number of rotatable bonds is 6. The van der Waals surface area contributed by atoms with Crippen LogP contribution in [0, 0.1) is 5.92 Å². The fourth-order valence-electron chi connectivity index (χ4n) is 1.29. The Balaban J connectivity index is 2.32. The lowest BCUT2D eigenvalue weighted by Gasteiger charge is -2.06. The maximum atomic E-state index is 11.4. The van der Waals surface area contributed by atoms with Gasteiger partial charge >= 0.3 is 0 Å². The molecule has 0 spiro atoms. The summed E-state index contributed by atoms with van der Waals surface area (Å²) in [5, 5.41) is 7.07. The first kappa shape index (κ1) is 16.2. The van der Waals surface area contributed by atoms with Crippen molar-refractivity contribution in [3.63, 3.8) is 0 Å². The van der Waals surface area contributed by atoms with E-state index in [0.717, 1.165) is 5.56 Å². The summed E-state index contributed by atoms with van der Waals surface area (Å²) in [5.41, 5.74) is 3.11. The highest BCUT2D eigenvalue weighted by Crippen LogP contribution is 2.07. The molecular formula is C14H18ClN3O2. The molecule has 0 fully saturated rings. The van der Waals surface area contributed by atoms with E-state index in [-0.39, 0.29) is 12.3 Å². The van der Waals surface area contributed by atoms with Gasteiger partial charge in [0.05, 0.1) is 6.21 Å². The number of hydrogen-bond donors (Lipinski definition) is 2. The van der Waals surface area contributed by atoms with Gasteiger partial charge in [-0.2, -0.15) is 5.10 Å². The van der Waals surface area contributed by atoms with Crippen molar-refractivity contribution in [3.8, 4) is 0 Å². The largest absolute Gasteiger partial charge is 0.355 e. The third-order valence-electron chi connectivity index (χ3n) is 2.30. The van der Waals surface area contributed by atoms with Gasteiger partial charge in [0.2, 0.25) is 11.8 Å². The Labute approximate surface area is 123 Å². The zero-order valence-corrected chi connectivity index (χ0v) is 12.3. The molecule has 0 aliphatic heterocycles. The van der Waals surface area contributed by atoms with Crippen molar-refractivity contribution in [1.82, 2.24) is 10.7 Å². The maximum absolute atomic E-state index is 11.4. The lowest BCUT2D eigenvalue weighted by Crippen LogP contribution is -2.32. The molecular weight excluding hydrogens is 278 g/mol. The average Bonchev–Trinajstić information content (AvgIpc) is 2.38. The monoisotopic (exact) mass is 295 g/mol. The minimum atomic E-state index is -0.448. The predicted octanol–water partition coefficient (Wildman–Crippen LogP) is 1.95. The van der Waals surface area contributed by atoms with E-state index in [1.165, 1.54) is 6.21 Å². The maximum Gasteiger partial charge on any atom is 0.249 e. The van der Waals surface area contributed by atoms with Crippen LogP contribution in [-0.4, -0.2) is 24.6 Å². The summed E-state index contributed by atoms with van der Waals surface area (Å²) in [5.74, 6) is -0.403. The van der Waals surface area contributed by atoms with Crippen LogP contribution in [0.3, 0.4) is 0 Å². The highest BCUT2D eigenvalue weighted by Gasteiger charge is 2.08. The zero-order chi connectivity index (χ0) is 15.0. The predicted molar refractivity (Wildman–Crippen MR) is 79.7 cm³/mol. The average molecular weight is 296 g/mol. The number of carbonyl (C=O) groups excluding carboxylic acids is 2. The molecule has 0 saturated heterocycles. The van der Waals surface area contributed by atoms with E-state index < -0.39 is 5.91 Å². The van der Waals surface area contributed by atoms with Gasteiger partial charge in [0.25, 0.3) is 0 Å². The first-order chi connectivity index (χ1) is 9.47. The Kier molecular flexibility index (Phi) is 6.73. The zero-order valence-electron chi connectivity index (χ0n) is 11.5. The van der Waals surface area contributed by atoms with Crippen LogP contribution >= 0.6 is 11.6 Å². The van der Waals surface area contributed by atoms with Gasteiger partial charge in [0.1, 0.15) is 6.42 Å². The Hall–Kier alpha value is -1.88. The van der Waals surface area contributed by atoms with Crippen LogP contribution in [0.5, 0.6) is 0 Å². The molecule has 2 N–H and O–H groups in total. The first-order valence-electron chi connectivity index (χ1n) is 6.31. The van der Waals surface area contributed by atoms with E-state index in [2.05, 4.69) is 15.8 Å². The van der Waals surface area contributed by atoms with Gasteiger partial charge < -0.3 is 5.32 Å². The van der Waals surface area contributed by atoms with Gasteiger partial charge in [-0.3, -0.25) is 9.59 Å². The van der Waals surface area contributed by atoms with Gasteiger partial charge in [-0.15, -0.1) is 0 Å². The van der Waals surface area contributed by atoms with Crippen LogP contribution in [-0.2, 0) is 9.59 Å². The number of hydrazone groups is 1. The lowest BCUT2D eigenvalue weighted by molar-refractivity contribution is -0.129. The van der Waals surface area contributed by atoms with E-state index in [1.54, 1.807) is 24.3 Å². The Bertz CT molecular complexity index is 484. The smallest absolute Gasteiger partial charge is 0.249 e. The third kappa shape index (κ3) is 6.89. The van der Waals surface area contributed by atoms with Crippen LogP contribution in [0.25, 0.3) is 0 Å². The Morgan fingerprint density at radius 2 is 1.90 bits per heavy atom. The van der Waals surface area contributed by atoms with E-state index in [9.17, 15) is 9.59 Å². The number of carbonyl (C=O) groups is 2. The molecule has 0 aromatic heterocycles. The van der Waals surface area contributed by atoms with Crippen LogP contribution in [0.4, 0.5) is 0 Å². The van der Waals surface area contributed by atoms with Gasteiger partial charge in [-0.25, -0.2) is 5.43 Å². The van der Waals surface area contributed by atoms with Crippen LogP contribution in [0.1, 0.15) is 25.8 Å². The number of amides is 2. The molecule has 0 heterocycles. The molecule has 5 nitrogen and oxygen atoms in total. The molecule has 0 aliphatic carbocycles. The molecule has 0 radical (unpaired) electrons. The van der Waals surface area contributed by atoms with Crippen molar-refractivity contribution in [1.29, 1.82) is 0 Å². The van der Waals surface area contributed by atoms with Gasteiger partial charge in [0.15, 0.2) is 0 Å². The van der Waals surface area contributed by atoms with E-state index >= 15 is 0 Å². The summed E-state index contributed by atoms with van der Waals surface area (Å²) in [6.45, 7) is 4.52. The van der Waals surface area contributed by atoms with Gasteiger partial charge in [0, 0.05) is 11.6 Å². The van der Waals surface area contributed by atoms with Crippen LogP contribution < -0.4 is 10.7 Å². The molecule has 1 aromatic carbocycles. The Morgan fingerprint density at radius 1 is 1.25 bits per heavy atom. The molecule has 6 heteroatoms. The summed E-state index contributed by atoms with van der Waals surface area (Å²) < 4.78 is 0. The molecule has 0 bridgehead atoms.